The lowest BCUT2D eigenvalue weighted by atomic mass is 10.0. The number of benzene rings is 1. The van der Waals surface area contributed by atoms with Crippen LogP contribution < -0.4 is 10.1 Å². The Kier molecular flexibility index (Phi) is 4.89. The molecule has 1 amide bonds. The molecule has 3 rings (SSSR count). The van der Waals surface area contributed by atoms with Gasteiger partial charge in [-0.1, -0.05) is 38.1 Å². The lowest BCUT2D eigenvalue weighted by molar-refractivity contribution is -0.116. The molecule has 0 saturated heterocycles. The number of nitrogens with one attached hydrogen (secondary N) is 1. The predicted octanol–water partition coefficient (Wildman–Crippen LogP) is 2.78. The van der Waals surface area contributed by atoms with Crippen LogP contribution in [0.3, 0.4) is 0 Å². The summed E-state index contributed by atoms with van der Waals surface area (Å²) >= 11 is 0. The van der Waals surface area contributed by atoms with Crippen LogP contribution in [-0.2, 0) is 11.2 Å². The van der Waals surface area contributed by atoms with Crippen molar-refractivity contribution in [2.75, 3.05) is 6.54 Å². The van der Waals surface area contributed by atoms with Crippen LogP contribution in [0.2, 0.25) is 0 Å². The zero-order valence-electron chi connectivity index (χ0n) is 13.9. The number of para-hydroxylation sites is 1. The molecule has 1 aliphatic heterocycles. The number of hydrogen-bond acceptors (Lipinski definition) is 4. The summed E-state index contributed by atoms with van der Waals surface area (Å²) < 4.78 is 6.07. The van der Waals surface area contributed by atoms with Crippen molar-refractivity contribution in [3.63, 3.8) is 0 Å². The fourth-order valence-corrected chi connectivity index (χ4v) is 2.67. The van der Waals surface area contributed by atoms with Crippen LogP contribution in [0.15, 0.2) is 49.1 Å². The first kappa shape index (κ1) is 16.2. The van der Waals surface area contributed by atoms with Gasteiger partial charge in [-0.25, -0.2) is 9.97 Å². The van der Waals surface area contributed by atoms with Gasteiger partial charge in [-0.2, -0.15) is 0 Å². The van der Waals surface area contributed by atoms with Crippen LogP contribution in [0.4, 0.5) is 0 Å². The largest absolute Gasteiger partial charge is 0.487 e. The van der Waals surface area contributed by atoms with Gasteiger partial charge in [0.05, 0.1) is 6.54 Å². The summed E-state index contributed by atoms with van der Waals surface area (Å²) in [5.74, 6) is 1.14. The predicted molar refractivity (Wildman–Crippen MR) is 92.6 cm³/mol. The average molecular weight is 323 g/mol. The molecule has 1 atom stereocenters. The molecule has 1 aromatic carbocycles. The van der Waals surface area contributed by atoms with E-state index >= 15 is 0 Å². The maximum Gasteiger partial charge on any atom is 0.243 e. The first-order chi connectivity index (χ1) is 11.6. The molecule has 5 nitrogen and oxygen atoms in total. The van der Waals surface area contributed by atoms with Crippen molar-refractivity contribution in [1.82, 2.24) is 15.3 Å². The first-order valence-corrected chi connectivity index (χ1v) is 8.13. The Hall–Kier alpha value is -2.69. The summed E-state index contributed by atoms with van der Waals surface area (Å²) in [6.45, 7) is 4.56. The van der Waals surface area contributed by atoms with Crippen LogP contribution in [-0.4, -0.2) is 28.5 Å². The SMILES string of the molecule is CC(C)C=CC(=O)NCC1Cc2cccc(-c3cncnc3)c2O1. The number of aromatic nitrogens is 2. The van der Waals surface area contributed by atoms with Gasteiger partial charge in [0.2, 0.25) is 5.91 Å². The number of rotatable bonds is 5. The number of carbonyl (C=O) groups excluding carboxylic acids is 1. The van der Waals surface area contributed by atoms with E-state index < -0.39 is 0 Å². The smallest absolute Gasteiger partial charge is 0.243 e. The van der Waals surface area contributed by atoms with Gasteiger partial charge < -0.3 is 10.1 Å². The molecule has 0 spiro atoms. The second-order valence-electron chi connectivity index (χ2n) is 6.21. The number of fused-ring (bicyclic) bond motifs is 1. The molecular formula is C19H21N3O2. The van der Waals surface area contributed by atoms with E-state index in [0.717, 1.165) is 28.9 Å². The Morgan fingerprint density at radius 3 is 2.92 bits per heavy atom. The number of hydrogen-bond donors (Lipinski definition) is 1. The monoisotopic (exact) mass is 323 g/mol. The van der Waals surface area contributed by atoms with Gasteiger partial charge in [0.25, 0.3) is 0 Å². The second kappa shape index (κ2) is 7.25. The van der Waals surface area contributed by atoms with E-state index in [0.29, 0.717) is 12.5 Å². The molecule has 0 bridgehead atoms. The summed E-state index contributed by atoms with van der Waals surface area (Å²) in [5.41, 5.74) is 3.06. The summed E-state index contributed by atoms with van der Waals surface area (Å²) in [6, 6.07) is 6.07. The Bertz CT molecular complexity index is 742. The highest BCUT2D eigenvalue weighted by atomic mass is 16.5. The molecule has 0 saturated carbocycles. The standard InChI is InChI=1S/C19H21N3O2/c1-13(2)6-7-18(23)22-11-16-8-14-4-3-5-17(19(14)24-16)15-9-20-12-21-10-15/h3-7,9-10,12-13,16H,8,11H2,1-2H3,(H,22,23). The number of ether oxygens (including phenoxy) is 1. The Balaban J connectivity index is 1.66. The fraction of sp³-hybridized carbons (Fsp3) is 0.316. The zero-order valence-corrected chi connectivity index (χ0v) is 13.9. The quantitative estimate of drug-likeness (QED) is 0.859. The summed E-state index contributed by atoms with van der Waals surface area (Å²) in [6.07, 6.45) is 9.26. The lowest BCUT2D eigenvalue weighted by Gasteiger charge is -2.12. The van der Waals surface area contributed by atoms with Crippen molar-refractivity contribution in [3.8, 4) is 16.9 Å². The number of nitrogens with zero attached hydrogens (tertiary/aromatic N) is 2. The third kappa shape index (κ3) is 3.79. The van der Waals surface area contributed by atoms with E-state index in [9.17, 15) is 4.79 Å². The van der Waals surface area contributed by atoms with E-state index in [2.05, 4.69) is 21.4 Å². The number of amides is 1. The molecule has 1 aromatic heterocycles. The highest BCUT2D eigenvalue weighted by Crippen LogP contribution is 2.38. The molecule has 1 aliphatic rings. The molecule has 0 aliphatic carbocycles. The van der Waals surface area contributed by atoms with E-state index in [1.807, 2.05) is 32.1 Å². The van der Waals surface area contributed by atoms with Crippen LogP contribution >= 0.6 is 0 Å². The summed E-state index contributed by atoms with van der Waals surface area (Å²) in [5, 5.41) is 2.90. The summed E-state index contributed by atoms with van der Waals surface area (Å²) in [7, 11) is 0. The first-order valence-electron chi connectivity index (χ1n) is 8.13. The van der Waals surface area contributed by atoms with Gasteiger partial charge >= 0.3 is 0 Å². The fourth-order valence-electron chi connectivity index (χ4n) is 2.67. The number of carbonyl (C=O) groups is 1. The van der Waals surface area contributed by atoms with Gasteiger partial charge in [0.15, 0.2) is 0 Å². The third-order valence-electron chi connectivity index (χ3n) is 3.84. The zero-order chi connectivity index (χ0) is 16.9. The van der Waals surface area contributed by atoms with E-state index in [4.69, 9.17) is 4.74 Å². The highest BCUT2D eigenvalue weighted by Gasteiger charge is 2.25. The lowest BCUT2D eigenvalue weighted by Crippen LogP contribution is -2.33. The molecule has 1 unspecified atom stereocenters. The molecule has 0 radical (unpaired) electrons. The van der Waals surface area contributed by atoms with Crippen molar-refractivity contribution in [2.24, 2.45) is 5.92 Å². The molecule has 2 aromatic rings. The van der Waals surface area contributed by atoms with Crippen LogP contribution in [0.1, 0.15) is 19.4 Å². The van der Waals surface area contributed by atoms with Crippen molar-refractivity contribution in [2.45, 2.75) is 26.4 Å². The third-order valence-corrected chi connectivity index (χ3v) is 3.84. The molecule has 2 heterocycles. The minimum Gasteiger partial charge on any atom is -0.487 e. The number of allylic oxidation sites excluding steroid dienone is 1. The van der Waals surface area contributed by atoms with Gasteiger partial charge in [0, 0.05) is 29.9 Å². The average Bonchev–Trinajstić information content (AvgIpc) is 3.02. The highest BCUT2D eigenvalue weighted by molar-refractivity contribution is 5.87. The molecule has 124 valence electrons. The normalized spacial score (nSPS) is 16.2. The van der Waals surface area contributed by atoms with Crippen molar-refractivity contribution >= 4 is 5.91 Å². The van der Waals surface area contributed by atoms with Crippen molar-refractivity contribution < 1.29 is 9.53 Å². The minimum atomic E-state index is -0.0834. The van der Waals surface area contributed by atoms with Gasteiger partial charge in [-0.3, -0.25) is 4.79 Å². The molecule has 24 heavy (non-hydrogen) atoms. The topological polar surface area (TPSA) is 64.1 Å². The van der Waals surface area contributed by atoms with Crippen LogP contribution in [0, 0.1) is 5.92 Å². The van der Waals surface area contributed by atoms with Crippen LogP contribution in [0.5, 0.6) is 5.75 Å². The molecule has 1 N–H and O–H groups in total. The second-order valence-corrected chi connectivity index (χ2v) is 6.21. The molecule has 5 heteroatoms. The maximum atomic E-state index is 11.8. The molecular weight excluding hydrogens is 302 g/mol. The van der Waals surface area contributed by atoms with E-state index in [1.54, 1.807) is 18.5 Å². The summed E-state index contributed by atoms with van der Waals surface area (Å²) in [4.78, 5) is 19.9. The van der Waals surface area contributed by atoms with Gasteiger partial charge in [-0.15, -0.1) is 0 Å². The molecule has 0 fully saturated rings. The Labute approximate surface area is 141 Å². The van der Waals surface area contributed by atoms with Gasteiger partial charge in [0.1, 0.15) is 18.2 Å². The van der Waals surface area contributed by atoms with Crippen molar-refractivity contribution in [1.29, 1.82) is 0 Å². The van der Waals surface area contributed by atoms with Crippen molar-refractivity contribution in [3.05, 3.63) is 54.6 Å². The minimum absolute atomic E-state index is 0.0535. The van der Waals surface area contributed by atoms with E-state index in [-0.39, 0.29) is 12.0 Å². The Morgan fingerprint density at radius 2 is 2.17 bits per heavy atom. The Morgan fingerprint density at radius 1 is 1.38 bits per heavy atom. The van der Waals surface area contributed by atoms with Gasteiger partial charge in [-0.05, 0) is 17.6 Å². The van der Waals surface area contributed by atoms with E-state index in [1.165, 1.54) is 6.33 Å². The van der Waals surface area contributed by atoms with Crippen LogP contribution in [0.25, 0.3) is 11.1 Å². The maximum absolute atomic E-state index is 11.8.